The van der Waals surface area contributed by atoms with Crippen molar-refractivity contribution in [3.63, 3.8) is 0 Å². The van der Waals surface area contributed by atoms with Crippen molar-refractivity contribution in [3.8, 4) is 0 Å². The SMILES string of the molecule is CCOC1(C(I)CC)CCC[Si](OCC)(OCC)O1. The summed E-state index contributed by atoms with van der Waals surface area (Å²) < 4.78 is 24.6. The van der Waals surface area contributed by atoms with Crippen LogP contribution in [0.2, 0.25) is 6.04 Å². The Morgan fingerprint density at radius 2 is 1.79 bits per heavy atom. The summed E-state index contributed by atoms with van der Waals surface area (Å²) in [6.45, 7) is 10.1. The van der Waals surface area contributed by atoms with E-state index in [1.54, 1.807) is 0 Å². The molecule has 0 aromatic heterocycles. The Kier molecular flexibility index (Phi) is 7.78. The molecule has 2 atom stereocenters. The Bertz CT molecular complexity index is 252. The molecule has 0 N–H and O–H groups in total. The van der Waals surface area contributed by atoms with Crippen molar-refractivity contribution in [2.24, 2.45) is 0 Å². The molecule has 6 heteroatoms. The third-order valence-corrected chi connectivity index (χ3v) is 8.20. The maximum Gasteiger partial charge on any atom is 0.503 e. The molecule has 1 fully saturated rings. The molecule has 0 bridgehead atoms. The van der Waals surface area contributed by atoms with Gasteiger partial charge in [0, 0.05) is 32.3 Å². The highest BCUT2D eigenvalue weighted by Gasteiger charge is 2.54. The highest BCUT2D eigenvalue weighted by molar-refractivity contribution is 14.1. The summed E-state index contributed by atoms with van der Waals surface area (Å²) in [4.78, 5) is 0. The van der Waals surface area contributed by atoms with Crippen LogP contribution >= 0.6 is 22.6 Å². The maximum atomic E-state index is 6.40. The lowest BCUT2D eigenvalue weighted by Crippen LogP contribution is -2.60. The van der Waals surface area contributed by atoms with Crippen LogP contribution in [0.4, 0.5) is 0 Å². The monoisotopic (exact) mass is 402 g/mol. The van der Waals surface area contributed by atoms with Crippen molar-refractivity contribution in [1.29, 1.82) is 0 Å². The molecule has 0 amide bonds. The second-order valence-electron chi connectivity index (χ2n) is 4.63. The molecule has 1 aliphatic rings. The Labute approximate surface area is 132 Å². The first-order chi connectivity index (χ1) is 9.08. The zero-order valence-corrected chi connectivity index (χ0v) is 15.7. The second-order valence-corrected chi connectivity index (χ2v) is 8.78. The minimum atomic E-state index is -2.56. The van der Waals surface area contributed by atoms with Gasteiger partial charge in [-0.2, -0.15) is 0 Å². The van der Waals surface area contributed by atoms with E-state index >= 15 is 0 Å². The summed E-state index contributed by atoms with van der Waals surface area (Å²) in [5.41, 5.74) is 0. The number of rotatable bonds is 8. The summed E-state index contributed by atoms with van der Waals surface area (Å²) in [7, 11) is -2.56. The molecule has 0 aromatic carbocycles. The van der Waals surface area contributed by atoms with Crippen LogP contribution in [0.5, 0.6) is 0 Å². The highest BCUT2D eigenvalue weighted by atomic mass is 127. The summed E-state index contributed by atoms with van der Waals surface area (Å²) in [5, 5.41) is 0. The summed E-state index contributed by atoms with van der Waals surface area (Å²) in [6.07, 6.45) is 2.99. The van der Waals surface area contributed by atoms with E-state index < -0.39 is 14.6 Å². The third kappa shape index (κ3) is 4.37. The Morgan fingerprint density at radius 1 is 1.16 bits per heavy atom. The topological polar surface area (TPSA) is 36.9 Å². The number of halogens is 1. The molecule has 0 radical (unpaired) electrons. The molecule has 1 aliphatic heterocycles. The average molecular weight is 402 g/mol. The van der Waals surface area contributed by atoms with Gasteiger partial charge in [0.2, 0.25) is 0 Å². The molecular formula is C13H27IO4Si. The minimum Gasteiger partial charge on any atom is -0.374 e. The average Bonchev–Trinajstić information content (AvgIpc) is 2.39. The fourth-order valence-electron chi connectivity index (χ4n) is 2.57. The minimum absolute atomic E-state index is 0.318. The largest absolute Gasteiger partial charge is 0.503 e. The Balaban J connectivity index is 2.93. The molecule has 0 aliphatic carbocycles. The first kappa shape index (κ1) is 17.8. The number of ether oxygens (including phenoxy) is 1. The molecule has 19 heavy (non-hydrogen) atoms. The van der Waals surface area contributed by atoms with E-state index in [9.17, 15) is 0 Å². The van der Waals surface area contributed by atoms with Gasteiger partial charge in [0.1, 0.15) is 0 Å². The zero-order valence-electron chi connectivity index (χ0n) is 12.5. The van der Waals surface area contributed by atoms with Crippen molar-refractivity contribution in [3.05, 3.63) is 0 Å². The standard InChI is InChI=1S/C13H27IO4Si/c1-5-12(14)13(15-6-2)10-9-11-19(18-13,16-7-3)17-8-4/h12H,5-11H2,1-4H3. The number of hydrogen-bond donors (Lipinski definition) is 0. The fraction of sp³-hybridized carbons (Fsp3) is 1.00. The third-order valence-electron chi connectivity index (χ3n) is 3.29. The molecule has 1 rings (SSSR count). The molecule has 0 spiro atoms. The van der Waals surface area contributed by atoms with Gasteiger partial charge in [0.15, 0.2) is 5.79 Å². The van der Waals surface area contributed by atoms with Gasteiger partial charge in [-0.25, -0.2) is 0 Å². The van der Waals surface area contributed by atoms with Crippen LogP contribution in [0.3, 0.4) is 0 Å². The fourth-order valence-corrected chi connectivity index (χ4v) is 6.34. The predicted octanol–water partition coefficient (Wildman–Crippen LogP) is 3.76. The second kappa shape index (κ2) is 8.28. The lowest BCUT2D eigenvalue weighted by Gasteiger charge is -2.46. The van der Waals surface area contributed by atoms with E-state index in [4.69, 9.17) is 18.0 Å². The van der Waals surface area contributed by atoms with Crippen LogP contribution in [0.1, 0.15) is 47.0 Å². The van der Waals surface area contributed by atoms with Gasteiger partial charge in [0.25, 0.3) is 0 Å². The van der Waals surface area contributed by atoms with Gasteiger partial charge in [-0.15, -0.1) is 0 Å². The van der Waals surface area contributed by atoms with Crippen molar-refractivity contribution in [1.82, 2.24) is 0 Å². The summed E-state index contributed by atoms with van der Waals surface area (Å²) in [5.74, 6) is -0.529. The zero-order chi connectivity index (χ0) is 14.4. The van der Waals surface area contributed by atoms with Gasteiger partial charge < -0.3 is 18.0 Å². The smallest absolute Gasteiger partial charge is 0.374 e. The number of hydrogen-bond acceptors (Lipinski definition) is 4. The molecule has 2 unspecified atom stereocenters. The molecule has 0 saturated carbocycles. The summed E-state index contributed by atoms with van der Waals surface area (Å²) in [6, 6.07) is 0.899. The van der Waals surface area contributed by atoms with Gasteiger partial charge in [-0.1, -0.05) is 29.5 Å². The van der Waals surface area contributed by atoms with Crippen LogP contribution in [-0.4, -0.2) is 38.3 Å². The maximum absolute atomic E-state index is 6.40. The van der Waals surface area contributed by atoms with Crippen LogP contribution in [0, 0.1) is 0 Å². The van der Waals surface area contributed by atoms with Crippen molar-refractivity contribution < 1.29 is 18.0 Å². The van der Waals surface area contributed by atoms with E-state index in [-0.39, 0.29) is 0 Å². The van der Waals surface area contributed by atoms with E-state index in [1.165, 1.54) is 0 Å². The van der Waals surface area contributed by atoms with E-state index in [0.29, 0.717) is 23.7 Å². The molecular weight excluding hydrogens is 375 g/mol. The first-order valence-corrected chi connectivity index (χ1v) is 10.5. The molecule has 1 saturated heterocycles. The van der Waals surface area contributed by atoms with Gasteiger partial charge in [-0.3, -0.25) is 0 Å². The van der Waals surface area contributed by atoms with Crippen LogP contribution in [0.15, 0.2) is 0 Å². The van der Waals surface area contributed by atoms with Crippen LogP contribution < -0.4 is 0 Å². The van der Waals surface area contributed by atoms with Gasteiger partial charge in [-0.05, 0) is 33.6 Å². The Morgan fingerprint density at radius 3 is 2.26 bits per heavy atom. The van der Waals surface area contributed by atoms with Crippen LogP contribution in [0.25, 0.3) is 0 Å². The predicted molar refractivity (Wildman–Crippen MR) is 86.6 cm³/mol. The van der Waals surface area contributed by atoms with E-state index in [2.05, 4.69) is 29.5 Å². The molecule has 1 heterocycles. The van der Waals surface area contributed by atoms with E-state index in [1.807, 2.05) is 20.8 Å². The first-order valence-electron chi connectivity index (χ1n) is 7.34. The quantitative estimate of drug-likeness (QED) is 0.352. The molecule has 0 aromatic rings. The normalized spacial score (nSPS) is 28.3. The lowest BCUT2D eigenvalue weighted by molar-refractivity contribution is -0.219. The molecule has 114 valence electrons. The lowest BCUT2D eigenvalue weighted by atomic mass is 10.1. The van der Waals surface area contributed by atoms with Gasteiger partial charge >= 0.3 is 8.80 Å². The summed E-state index contributed by atoms with van der Waals surface area (Å²) >= 11 is 2.44. The molecule has 4 nitrogen and oxygen atoms in total. The van der Waals surface area contributed by atoms with Crippen LogP contribution in [-0.2, 0) is 18.0 Å². The van der Waals surface area contributed by atoms with Crippen molar-refractivity contribution in [2.75, 3.05) is 19.8 Å². The highest BCUT2D eigenvalue weighted by Crippen LogP contribution is 2.41. The van der Waals surface area contributed by atoms with Crippen molar-refractivity contribution >= 4 is 31.4 Å². The van der Waals surface area contributed by atoms with Crippen molar-refractivity contribution in [2.45, 2.75) is 62.7 Å². The van der Waals surface area contributed by atoms with Gasteiger partial charge in [0.05, 0.1) is 3.92 Å². The number of alkyl halides is 1. The Hall–Kier alpha value is 0.787. The van der Waals surface area contributed by atoms with E-state index in [0.717, 1.165) is 25.3 Å².